The molecule has 3 aliphatic rings. The van der Waals surface area contributed by atoms with Crippen LogP contribution in [0.2, 0.25) is 0 Å². The first kappa shape index (κ1) is 19.5. The van der Waals surface area contributed by atoms with Gasteiger partial charge in [0.15, 0.2) is 0 Å². The van der Waals surface area contributed by atoms with E-state index >= 15 is 0 Å². The van der Waals surface area contributed by atoms with Gasteiger partial charge in [-0.05, 0) is 109 Å². The van der Waals surface area contributed by atoms with Crippen molar-refractivity contribution in [1.29, 1.82) is 0 Å². The molecule has 0 heteroatoms. The van der Waals surface area contributed by atoms with Gasteiger partial charge in [-0.25, -0.2) is 0 Å². The summed E-state index contributed by atoms with van der Waals surface area (Å²) in [5, 5.41) is 0. The van der Waals surface area contributed by atoms with Gasteiger partial charge < -0.3 is 0 Å². The van der Waals surface area contributed by atoms with E-state index in [9.17, 15) is 0 Å². The van der Waals surface area contributed by atoms with E-state index in [1.165, 1.54) is 109 Å². The zero-order chi connectivity index (χ0) is 18.6. The topological polar surface area (TPSA) is 0 Å². The minimum absolute atomic E-state index is 0.886. The van der Waals surface area contributed by atoms with Gasteiger partial charge in [0.05, 0.1) is 0 Å². The molecule has 3 aliphatic carbocycles. The molecule has 0 aliphatic heterocycles. The van der Waals surface area contributed by atoms with E-state index in [0.717, 1.165) is 11.8 Å². The summed E-state index contributed by atoms with van der Waals surface area (Å²) >= 11 is 0. The molecule has 0 spiro atoms. The SMILES string of the molecule is CCCc1c(CC)c(C2CCCCC2)c2c(c1C1CCCCC1)CCCC2. The quantitative estimate of drug-likeness (QED) is 0.493. The Morgan fingerprint density at radius 3 is 1.52 bits per heavy atom. The summed E-state index contributed by atoms with van der Waals surface area (Å²) < 4.78 is 0. The van der Waals surface area contributed by atoms with E-state index in [4.69, 9.17) is 0 Å². The second-order valence-electron chi connectivity index (χ2n) is 9.72. The van der Waals surface area contributed by atoms with Crippen LogP contribution in [0.15, 0.2) is 0 Å². The van der Waals surface area contributed by atoms with Crippen molar-refractivity contribution in [3.8, 4) is 0 Å². The molecule has 0 bridgehead atoms. The van der Waals surface area contributed by atoms with Crippen molar-refractivity contribution < 1.29 is 0 Å². The minimum Gasteiger partial charge on any atom is -0.0651 e. The van der Waals surface area contributed by atoms with Crippen molar-refractivity contribution in [2.75, 3.05) is 0 Å². The Morgan fingerprint density at radius 1 is 0.593 bits per heavy atom. The van der Waals surface area contributed by atoms with Gasteiger partial charge in [0.1, 0.15) is 0 Å². The van der Waals surface area contributed by atoms with Crippen LogP contribution in [0.25, 0.3) is 0 Å². The maximum Gasteiger partial charge on any atom is -0.0156 e. The van der Waals surface area contributed by atoms with Crippen molar-refractivity contribution in [2.24, 2.45) is 0 Å². The van der Waals surface area contributed by atoms with E-state index in [1.807, 2.05) is 33.4 Å². The standard InChI is InChI=1S/C27H42/c1-3-13-23-22(4-2)26(20-14-7-5-8-15-20)24-18-11-12-19-25(24)27(23)21-16-9-6-10-17-21/h20-21H,3-19H2,1-2H3. The number of fused-ring (bicyclic) bond motifs is 1. The van der Waals surface area contributed by atoms with Crippen LogP contribution in [0.1, 0.15) is 143 Å². The molecule has 2 saturated carbocycles. The summed E-state index contributed by atoms with van der Waals surface area (Å²) in [5.41, 5.74) is 11.3. The number of rotatable bonds is 5. The fourth-order valence-electron chi connectivity index (χ4n) is 6.90. The fourth-order valence-corrected chi connectivity index (χ4v) is 6.90. The van der Waals surface area contributed by atoms with E-state index in [2.05, 4.69) is 13.8 Å². The molecule has 0 atom stereocenters. The molecule has 0 heterocycles. The molecule has 1 aromatic rings. The van der Waals surface area contributed by atoms with Gasteiger partial charge in [-0.3, -0.25) is 0 Å². The average Bonchev–Trinajstić information content (AvgIpc) is 2.74. The third-order valence-electron chi connectivity index (χ3n) is 8.01. The monoisotopic (exact) mass is 366 g/mol. The van der Waals surface area contributed by atoms with Crippen LogP contribution in [0.5, 0.6) is 0 Å². The van der Waals surface area contributed by atoms with E-state index in [-0.39, 0.29) is 0 Å². The lowest BCUT2D eigenvalue weighted by Crippen LogP contribution is -2.22. The van der Waals surface area contributed by atoms with E-state index in [1.54, 1.807) is 0 Å². The van der Waals surface area contributed by atoms with Crippen LogP contribution in [0, 0.1) is 0 Å². The van der Waals surface area contributed by atoms with E-state index in [0.29, 0.717) is 0 Å². The van der Waals surface area contributed by atoms with Gasteiger partial charge in [0, 0.05) is 0 Å². The van der Waals surface area contributed by atoms with Gasteiger partial charge in [-0.2, -0.15) is 0 Å². The highest BCUT2D eigenvalue weighted by molar-refractivity contribution is 5.56. The molecule has 0 aromatic heterocycles. The predicted octanol–water partition coefficient (Wildman–Crippen LogP) is 8.18. The molecule has 0 N–H and O–H groups in total. The van der Waals surface area contributed by atoms with E-state index < -0.39 is 0 Å². The first-order valence-electron chi connectivity index (χ1n) is 12.5. The molecular weight excluding hydrogens is 324 g/mol. The highest BCUT2D eigenvalue weighted by Crippen LogP contribution is 2.47. The second-order valence-corrected chi connectivity index (χ2v) is 9.72. The number of hydrogen-bond donors (Lipinski definition) is 0. The van der Waals surface area contributed by atoms with Crippen LogP contribution in [0.4, 0.5) is 0 Å². The maximum atomic E-state index is 2.46. The van der Waals surface area contributed by atoms with Crippen LogP contribution in [0.3, 0.4) is 0 Å². The lowest BCUT2D eigenvalue weighted by molar-refractivity contribution is 0.428. The van der Waals surface area contributed by atoms with Crippen molar-refractivity contribution in [3.63, 3.8) is 0 Å². The van der Waals surface area contributed by atoms with Crippen LogP contribution < -0.4 is 0 Å². The summed E-state index contributed by atoms with van der Waals surface area (Å²) in [6.45, 7) is 4.87. The zero-order valence-electron chi connectivity index (χ0n) is 18.2. The largest absolute Gasteiger partial charge is 0.0651 e. The maximum absolute atomic E-state index is 2.46. The molecule has 1 aromatic carbocycles. The molecule has 0 radical (unpaired) electrons. The van der Waals surface area contributed by atoms with Crippen LogP contribution in [-0.4, -0.2) is 0 Å². The molecule has 2 fully saturated rings. The minimum atomic E-state index is 0.886. The number of benzene rings is 1. The van der Waals surface area contributed by atoms with Gasteiger partial charge >= 0.3 is 0 Å². The summed E-state index contributed by atoms with van der Waals surface area (Å²) in [4.78, 5) is 0. The fraction of sp³-hybridized carbons (Fsp3) is 0.778. The van der Waals surface area contributed by atoms with Gasteiger partial charge in [-0.1, -0.05) is 58.8 Å². The summed E-state index contributed by atoms with van der Waals surface area (Å²) in [6, 6.07) is 0. The third-order valence-corrected chi connectivity index (χ3v) is 8.01. The lowest BCUT2D eigenvalue weighted by atomic mass is 9.68. The summed E-state index contributed by atoms with van der Waals surface area (Å²) in [5.74, 6) is 1.77. The molecule has 0 saturated heterocycles. The third kappa shape index (κ3) is 3.88. The lowest BCUT2D eigenvalue weighted by Gasteiger charge is -2.37. The van der Waals surface area contributed by atoms with Crippen molar-refractivity contribution in [2.45, 2.75) is 135 Å². The molecule has 0 amide bonds. The highest BCUT2D eigenvalue weighted by Gasteiger charge is 2.31. The predicted molar refractivity (Wildman–Crippen MR) is 118 cm³/mol. The Balaban J connectivity index is 1.90. The van der Waals surface area contributed by atoms with Crippen molar-refractivity contribution in [1.82, 2.24) is 0 Å². The average molecular weight is 367 g/mol. The first-order valence-corrected chi connectivity index (χ1v) is 12.5. The number of hydrogen-bond acceptors (Lipinski definition) is 0. The van der Waals surface area contributed by atoms with Gasteiger partial charge in [0.25, 0.3) is 0 Å². The second kappa shape index (κ2) is 9.15. The van der Waals surface area contributed by atoms with Crippen LogP contribution in [-0.2, 0) is 25.7 Å². The first-order chi connectivity index (χ1) is 13.3. The summed E-state index contributed by atoms with van der Waals surface area (Å²) in [7, 11) is 0. The zero-order valence-corrected chi connectivity index (χ0v) is 18.2. The van der Waals surface area contributed by atoms with Crippen molar-refractivity contribution >= 4 is 0 Å². The van der Waals surface area contributed by atoms with Crippen LogP contribution >= 0.6 is 0 Å². The Labute approximate surface area is 168 Å². The normalized spacial score (nSPS) is 22.0. The van der Waals surface area contributed by atoms with Crippen molar-refractivity contribution in [3.05, 3.63) is 33.4 Å². The Bertz CT molecular complexity index is 626. The molecule has 0 nitrogen and oxygen atoms in total. The molecule has 4 rings (SSSR count). The molecular formula is C27H42. The Hall–Kier alpha value is -0.780. The molecule has 0 unspecified atom stereocenters. The highest BCUT2D eigenvalue weighted by atomic mass is 14.4. The Kier molecular flexibility index (Phi) is 6.62. The van der Waals surface area contributed by atoms with Gasteiger partial charge in [0.2, 0.25) is 0 Å². The Morgan fingerprint density at radius 2 is 1.07 bits per heavy atom. The van der Waals surface area contributed by atoms with Gasteiger partial charge in [-0.15, -0.1) is 0 Å². The molecule has 27 heavy (non-hydrogen) atoms. The summed E-state index contributed by atoms with van der Waals surface area (Å²) in [6.07, 6.45) is 24.3. The molecule has 150 valence electrons. The smallest absolute Gasteiger partial charge is 0.0156 e.